The summed E-state index contributed by atoms with van der Waals surface area (Å²) in [5.74, 6) is 1.94. The molecule has 1 saturated carbocycles. The zero-order valence-corrected chi connectivity index (χ0v) is 15.7. The van der Waals surface area contributed by atoms with Gasteiger partial charge < -0.3 is 15.5 Å². The molecule has 0 bridgehead atoms. The SMILES string of the molecule is CN=C(NCC1(N(C)C)CCCC(C)C1)NC1CCS(=O)(=O)C1. The Morgan fingerprint density at radius 2 is 2.09 bits per heavy atom. The van der Waals surface area contributed by atoms with Gasteiger partial charge in [-0.3, -0.25) is 4.99 Å². The van der Waals surface area contributed by atoms with Gasteiger partial charge in [0.15, 0.2) is 15.8 Å². The van der Waals surface area contributed by atoms with E-state index in [1.807, 2.05) is 0 Å². The van der Waals surface area contributed by atoms with Crippen molar-refractivity contribution in [2.75, 3.05) is 39.2 Å². The zero-order chi connectivity index (χ0) is 17.1. The minimum atomic E-state index is -2.87. The van der Waals surface area contributed by atoms with Gasteiger partial charge in [0.1, 0.15) is 0 Å². The van der Waals surface area contributed by atoms with Crippen LogP contribution >= 0.6 is 0 Å². The Kier molecular flexibility index (Phi) is 5.94. The molecule has 0 amide bonds. The zero-order valence-electron chi connectivity index (χ0n) is 14.9. The lowest BCUT2D eigenvalue weighted by Gasteiger charge is -2.45. The van der Waals surface area contributed by atoms with Crippen LogP contribution in [0.25, 0.3) is 0 Å². The molecular weight excluding hydrogens is 312 g/mol. The fourth-order valence-corrected chi connectivity index (χ4v) is 5.58. The van der Waals surface area contributed by atoms with E-state index in [1.54, 1.807) is 7.05 Å². The summed E-state index contributed by atoms with van der Waals surface area (Å²) in [4.78, 5) is 6.61. The van der Waals surface area contributed by atoms with E-state index >= 15 is 0 Å². The standard InChI is InChI=1S/C16H32N4O2S/c1-13-6-5-8-16(10-13,20(3)4)12-18-15(17-2)19-14-7-9-23(21,22)11-14/h13-14H,5-12H2,1-4H3,(H2,17,18,19). The largest absolute Gasteiger partial charge is 0.355 e. The second-order valence-corrected chi connectivity index (χ2v) is 9.72. The molecule has 7 heteroatoms. The number of hydrogen-bond donors (Lipinski definition) is 2. The Morgan fingerprint density at radius 1 is 1.35 bits per heavy atom. The molecule has 3 atom stereocenters. The fourth-order valence-electron chi connectivity index (χ4n) is 3.90. The normalized spacial score (nSPS) is 34.6. The van der Waals surface area contributed by atoms with Crippen molar-refractivity contribution in [3.63, 3.8) is 0 Å². The summed E-state index contributed by atoms with van der Waals surface area (Å²) in [5, 5.41) is 6.71. The molecule has 0 aromatic rings. The Hall–Kier alpha value is -0.820. The van der Waals surface area contributed by atoms with Gasteiger partial charge in [0.2, 0.25) is 0 Å². The van der Waals surface area contributed by atoms with Crippen LogP contribution in [0.15, 0.2) is 4.99 Å². The van der Waals surface area contributed by atoms with Crippen molar-refractivity contribution >= 4 is 15.8 Å². The molecule has 1 heterocycles. The molecule has 0 aromatic heterocycles. The van der Waals surface area contributed by atoms with Crippen molar-refractivity contribution in [2.45, 2.75) is 50.6 Å². The number of likely N-dealkylation sites (N-methyl/N-ethyl adjacent to an activating group) is 1. The summed E-state index contributed by atoms with van der Waals surface area (Å²) in [6.07, 6.45) is 5.60. The van der Waals surface area contributed by atoms with Gasteiger partial charge >= 0.3 is 0 Å². The van der Waals surface area contributed by atoms with E-state index in [9.17, 15) is 8.42 Å². The summed E-state index contributed by atoms with van der Waals surface area (Å²) >= 11 is 0. The molecule has 0 aromatic carbocycles. The van der Waals surface area contributed by atoms with Gasteiger partial charge in [-0.2, -0.15) is 0 Å². The Labute approximate surface area is 141 Å². The minimum absolute atomic E-state index is 0.0215. The smallest absolute Gasteiger partial charge is 0.191 e. The molecular formula is C16H32N4O2S. The highest BCUT2D eigenvalue weighted by Gasteiger charge is 2.37. The predicted molar refractivity (Wildman–Crippen MR) is 95.6 cm³/mol. The lowest BCUT2D eigenvalue weighted by atomic mass is 9.75. The summed E-state index contributed by atoms with van der Waals surface area (Å²) < 4.78 is 23.2. The number of aliphatic imine (C=N–C) groups is 1. The van der Waals surface area contributed by atoms with E-state index in [0.717, 1.165) is 12.5 Å². The predicted octanol–water partition coefficient (Wildman–Crippen LogP) is 0.849. The van der Waals surface area contributed by atoms with Crippen LogP contribution in [0.1, 0.15) is 39.0 Å². The van der Waals surface area contributed by atoms with Crippen LogP contribution in [-0.4, -0.2) is 70.1 Å². The minimum Gasteiger partial charge on any atom is -0.355 e. The average molecular weight is 345 g/mol. The van der Waals surface area contributed by atoms with E-state index in [4.69, 9.17) is 0 Å². The lowest BCUT2D eigenvalue weighted by Crippen LogP contribution is -2.57. The van der Waals surface area contributed by atoms with Crippen LogP contribution in [0, 0.1) is 5.92 Å². The molecule has 6 nitrogen and oxygen atoms in total. The quantitative estimate of drug-likeness (QED) is 0.584. The van der Waals surface area contributed by atoms with Crippen molar-refractivity contribution in [1.29, 1.82) is 0 Å². The van der Waals surface area contributed by atoms with Gasteiger partial charge in [-0.25, -0.2) is 8.42 Å². The fraction of sp³-hybridized carbons (Fsp3) is 0.938. The molecule has 0 radical (unpaired) electrons. The highest BCUT2D eigenvalue weighted by molar-refractivity contribution is 7.91. The second-order valence-electron chi connectivity index (χ2n) is 7.49. The van der Waals surface area contributed by atoms with E-state index in [1.165, 1.54) is 25.7 Å². The Bertz CT molecular complexity index is 532. The maximum Gasteiger partial charge on any atom is 0.191 e. The number of hydrogen-bond acceptors (Lipinski definition) is 4. The summed E-state index contributed by atoms with van der Waals surface area (Å²) in [6, 6.07) is -0.0215. The first-order valence-electron chi connectivity index (χ1n) is 8.61. The number of sulfone groups is 1. The van der Waals surface area contributed by atoms with Gasteiger partial charge in [0, 0.05) is 25.2 Å². The first kappa shape index (κ1) is 18.5. The Morgan fingerprint density at radius 3 is 2.61 bits per heavy atom. The van der Waals surface area contributed by atoms with Gasteiger partial charge in [-0.15, -0.1) is 0 Å². The third-order valence-electron chi connectivity index (χ3n) is 5.40. The van der Waals surface area contributed by atoms with E-state index in [2.05, 4.69) is 41.5 Å². The molecule has 1 aliphatic heterocycles. The lowest BCUT2D eigenvalue weighted by molar-refractivity contribution is 0.0795. The van der Waals surface area contributed by atoms with E-state index in [0.29, 0.717) is 12.4 Å². The summed E-state index contributed by atoms with van der Waals surface area (Å²) in [5.41, 5.74) is 0.150. The van der Waals surface area contributed by atoms with E-state index < -0.39 is 9.84 Å². The maximum absolute atomic E-state index is 11.6. The molecule has 2 fully saturated rings. The van der Waals surface area contributed by atoms with Crippen LogP contribution in [-0.2, 0) is 9.84 Å². The third-order valence-corrected chi connectivity index (χ3v) is 7.17. The van der Waals surface area contributed by atoms with Crippen molar-refractivity contribution < 1.29 is 8.42 Å². The molecule has 23 heavy (non-hydrogen) atoms. The topological polar surface area (TPSA) is 73.8 Å². The van der Waals surface area contributed by atoms with Crippen molar-refractivity contribution in [1.82, 2.24) is 15.5 Å². The van der Waals surface area contributed by atoms with Gasteiger partial charge in [-0.1, -0.05) is 19.8 Å². The van der Waals surface area contributed by atoms with Gasteiger partial charge in [0.25, 0.3) is 0 Å². The molecule has 2 N–H and O–H groups in total. The average Bonchev–Trinajstić information content (AvgIpc) is 2.82. The third kappa shape index (κ3) is 4.83. The highest BCUT2D eigenvalue weighted by atomic mass is 32.2. The molecule has 3 unspecified atom stereocenters. The van der Waals surface area contributed by atoms with E-state index in [-0.39, 0.29) is 23.1 Å². The Balaban J connectivity index is 1.93. The summed E-state index contributed by atoms with van der Waals surface area (Å²) in [6.45, 7) is 3.16. The maximum atomic E-state index is 11.6. The molecule has 2 rings (SSSR count). The van der Waals surface area contributed by atoms with Gasteiger partial charge in [0.05, 0.1) is 11.5 Å². The number of nitrogens with zero attached hydrogens (tertiary/aromatic N) is 2. The first-order valence-corrected chi connectivity index (χ1v) is 10.4. The van der Waals surface area contributed by atoms with Crippen LogP contribution in [0.3, 0.4) is 0 Å². The molecule has 2 aliphatic rings. The number of guanidine groups is 1. The molecule has 1 aliphatic carbocycles. The monoisotopic (exact) mass is 344 g/mol. The summed E-state index contributed by atoms with van der Waals surface area (Å²) in [7, 11) is 3.17. The highest BCUT2D eigenvalue weighted by Crippen LogP contribution is 2.35. The second kappa shape index (κ2) is 7.38. The van der Waals surface area contributed by atoms with Crippen LogP contribution < -0.4 is 10.6 Å². The van der Waals surface area contributed by atoms with Crippen LogP contribution in [0.5, 0.6) is 0 Å². The van der Waals surface area contributed by atoms with Crippen LogP contribution in [0.2, 0.25) is 0 Å². The number of nitrogens with one attached hydrogen (secondary N) is 2. The van der Waals surface area contributed by atoms with Crippen molar-refractivity contribution in [3.05, 3.63) is 0 Å². The van der Waals surface area contributed by atoms with Crippen molar-refractivity contribution in [2.24, 2.45) is 10.9 Å². The number of rotatable bonds is 4. The molecule has 134 valence electrons. The first-order chi connectivity index (χ1) is 10.8. The van der Waals surface area contributed by atoms with Crippen LogP contribution in [0.4, 0.5) is 0 Å². The molecule has 1 saturated heterocycles. The van der Waals surface area contributed by atoms with Gasteiger partial charge in [-0.05, 0) is 39.3 Å². The van der Waals surface area contributed by atoms with Crippen molar-refractivity contribution in [3.8, 4) is 0 Å². The molecule has 0 spiro atoms.